The normalized spacial score (nSPS) is 12.8. The number of aryl methyl sites for hydroxylation is 1. The smallest absolute Gasteiger partial charge is 0.260 e. The van der Waals surface area contributed by atoms with Gasteiger partial charge in [-0.3, -0.25) is 9.59 Å². The topological polar surface area (TPSA) is 62.3 Å². The maximum Gasteiger partial charge on any atom is 0.260 e. The summed E-state index contributed by atoms with van der Waals surface area (Å²) in [6.07, 6.45) is 2.00. The Morgan fingerprint density at radius 3 is 2.79 bits per heavy atom. The molecule has 0 saturated carbocycles. The van der Waals surface area contributed by atoms with E-state index in [1.165, 1.54) is 11.8 Å². The van der Waals surface area contributed by atoms with Crippen molar-refractivity contribution in [3.8, 4) is 0 Å². The van der Waals surface area contributed by atoms with Crippen LogP contribution in [0.15, 0.2) is 70.7 Å². The van der Waals surface area contributed by atoms with E-state index in [1.54, 1.807) is 30.3 Å². The highest BCUT2D eigenvalue weighted by Gasteiger charge is 2.25. The summed E-state index contributed by atoms with van der Waals surface area (Å²) in [5, 5.41) is 3.63. The Labute approximate surface area is 167 Å². The lowest BCUT2D eigenvalue weighted by Crippen LogP contribution is -2.26. The molecule has 28 heavy (non-hydrogen) atoms. The summed E-state index contributed by atoms with van der Waals surface area (Å²) in [6, 6.07) is 17.0. The number of hydrogen-bond donors (Lipinski definition) is 1. The second-order valence-electron chi connectivity index (χ2n) is 6.66. The molecule has 0 unspecified atom stereocenters. The number of amides is 2. The van der Waals surface area contributed by atoms with E-state index >= 15 is 0 Å². The molecule has 2 amide bonds. The molecular formula is C22H19N3O2S. The minimum absolute atomic E-state index is 0.0733. The van der Waals surface area contributed by atoms with Crippen LogP contribution in [-0.2, 0) is 11.2 Å². The molecule has 140 valence electrons. The molecule has 0 saturated heterocycles. The van der Waals surface area contributed by atoms with Gasteiger partial charge in [-0.05, 0) is 48.4 Å². The molecule has 0 fully saturated rings. The Hall–Kier alpha value is -3.12. The number of nitrogens with one attached hydrogen (secondary N) is 1. The van der Waals surface area contributed by atoms with Crippen LogP contribution in [-0.4, -0.2) is 23.8 Å². The second kappa shape index (κ2) is 7.48. The number of anilines is 2. The lowest BCUT2D eigenvalue weighted by Gasteiger charge is -2.18. The first kappa shape index (κ1) is 18.3. The summed E-state index contributed by atoms with van der Waals surface area (Å²) in [7, 11) is 1.75. The lowest BCUT2D eigenvalue weighted by atomic mass is 10.1. The van der Waals surface area contributed by atoms with Crippen LogP contribution in [0.25, 0.3) is 0 Å². The van der Waals surface area contributed by atoms with Gasteiger partial charge in [0.05, 0.1) is 17.7 Å². The summed E-state index contributed by atoms with van der Waals surface area (Å²) in [5.41, 5.74) is 4.18. The van der Waals surface area contributed by atoms with Crippen molar-refractivity contribution in [2.24, 2.45) is 0 Å². The van der Waals surface area contributed by atoms with Crippen molar-refractivity contribution in [2.75, 3.05) is 17.3 Å². The van der Waals surface area contributed by atoms with Gasteiger partial charge < -0.3 is 10.2 Å². The molecule has 1 aliphatic heterocycles. The summed E-state index contributed by atoms with van der Waals surface area (Å²) in [5.74, 6) is -0.165. The number of pyridine rings is 1. The molecule has 5 nitrogen and oxygen atoms in total. The van der Waals surface area contributed by atoms with E-state index in [-0.39, 0.29) is 11.8 Å². The van der Waals surface area contributed by atoms with Gasteiger partial charge in [0.25, 0.3) is 5.91 Å². The molecule has 0 atom stereocenters. The minimum atomic E-state index is -0.0920. The predicted molar refractivity (Wildman–Crippen MR) is 111 cm³/mol. The van der Waals surface area contributed by atoms with Crippen molar-refractivity contribution in [1.82, 2.24) is 4.98 Å². The Bertz CT molecular complexity index is 1080. The molecule has 0 spiro atoms. The number of nitrogens with zero attached hydrogens (tertiary/aromatic N) is 2. The van der Waals surface area contributed by atoms with Gasteiger partial charge in [-0.1, -0.05) is 36.0 Å². The number of benzene rings is 2. The summed E-state index contributed by atoms with van der Waals surface area (Å²) in [6.45, 7) is 2.00. The van der Waals surface area contributed by atoms with Gasteiger partial charge in [0.1, 0.15) is 5.03 Å². The lowest BCUT2D eigenvalue weighted by molar-refractivity contribution is -0.115. The van der Waals surface area contributed by atoms with Crippen molar-refractivity contribution < 1.29 is 9.59 Å². The number of aromatic nitrogens is 1. The molecule has 0 aliphatic carbocycles. The monoisotopic (exact) mass is 389 g/mol. The summed E-state index contributed by atoms with van der Waals surface area (Å²) >= 11 is 1.43. The Balaban J connectivity index is 1.59. The Morgan fingerprint density at radius 1 is 1.14 bits per heavy atom. The van der Waals surface area contributed by atoms with Crippen molar-refractivity contribution >= 4 is 35.0 Å². The number of fused-ring (bicyclic) bond motifs is 2. The standard InChI is InChI=1S/C22H19N3O2S/c1-14-6-3-4-7-15(14)12-20(26)24-16-9-10-18-19(13-16)28-21-17(8-5-11-23-21)22(27)25(18)2/h3-11,13H,12H2,1-2H3,(H,24,26). The molecule has 0 bridgehead atoms. The van der Waals surface area contributed by atoms with Gasteiger partial charge in [-0.25, -0.2) is 4.98 Å². The molecule has 3 aromatic rings. The SMILES string of the molecule is Cc1ccccc1CC(=O)Nc1ccc2c(c1)Sc1ncccc1C(=O)N2C. The molecule has 4 rings (SSSR count). The zero-order valence-electron chi connectivity index (χ0n) is 15.6. The highest BCUT2D eigenvalue weighted by Crippen LogP contribution is 2.41. The first-order valence-corrected chi connectivity index (χ1v) is 9.74. The molecular weight excluding hydrogens is 370 g/mol. The maximum atomic E-state index is 12.7. The third-order valence-corrected chi connectivity index (χ3v) is 5.80. The maximum absolute atomic E-state index is 12.7. The third kappa shape index (κ3) is 3.51. The van der Waals surface area contributed by atoms with E-state index in [2.05, 4.69) is 10.3 Å². The van der Waals surface area contributed by atoms with Crippen LogP contribution in [0.5, 0.6) is 0 Å². The van der Waals surface area contributed by atoms with Crippen molar-refractivity contribution in [2.45, 2.75) is 23.3 Å². The minimum Gasteiger partial charge on any atom is -0.326 e. The van der Waals surface area contributed by atoms with Crippen molar-refractivity contribution in [3.05, 3.63) is 77.5 Å². The molecule has 2 aromatic carbocycles. The van der Waals surface area contributed by atoms with Crippen LogP contribution < -0.4 is 10.2 Å². The number of rotatable bonds is 3. The zero-order valence-corrected chi connectivity index (χ0v) is 16.4. The van der Waals surface area contributed by atoms with E-state index in [9.17, 15) is 9.59 Å². The second-order valence-corrected chi connectivity index (χ2v) is 7.69. The van der Waals surface area contributed by atoms with Crippen LogP contribution in [0.4, 0.5) is 11.4 Å². The first-order chi connectivity index (χ1) is 13.5. The highest BCUT2D eigenvalue weighted by molar-refractivity contribution is 7.99. The zero-order chi connectivity index (χ0) is 19.7. The fourth-order valence-electron chi connectivity index (χ4n) is 3.17. The predicted octanol–water partition coefficient (Wildman–Crippen LogP) is 4.31. The largest absolute Gasteiger partial charge is 0.326 e. The quantitative estimate of drug-likeness (QED) is 0.725. The number of carbonyl (C=O) groups excluding carboxylic acids is 2. The first-order valence-electron chi connectivity index (χ1n) is 8.92. The van der Waals surface area contributed by atoms with Crippen molar-refractivity contribution in [1.29, 1.82) is 0 Å². The van der Waals surface area contributed by atoms with Gasteiger partial charge in [0, 0.05) is 23.8 Å². The van der Waals surface area contributed by atoms with Crippen LogP contribution in [0.1, 0.15) is 21.5 Å². The van der Waals surface area contributed by atoms with E-state index in [0.717, 1.165) is 21.7 Å². The van der Waals surface area contributed by atoms with E-state index < -0.39 is 0 Å². The summed E-state index contributed by atoms with van der Waals surface area (Å²) in [4.78, 5) is 32.0. The number of carbonyl (C=O) groups is 2. The van der Waals surface area contributed by atoms with Gasteiger partial charge >= 0.3 is 0 Å². The third-order valence-electron chi connectivity index (χ3n) is 4.73. The fourth-order valence-corrected chi connectivity index (χ4v) is 4.25. The van der Waals surface area contributed by atoms with Gasteiger partial charge in [-0.2, -0.15) is 0 Å². The summed E-state index contributed by atoms with van der Waals surface area (Å²) < 4.78 is 0. The Kier molecular flexibility index (Phi) is 4.88. The van der Waals surface area contributed by atoms with Gasteiger partial charge in [0.15, 0.2) is 0 Å². The molecule has 0 radical (unpaired) electrons. The van der Waals surface area contributed by atoms with Crippen LogP contribution >= 0.6 is 11.8 Å². The van der Waals surface area contributed by atoms with Crippen molar-refractivity contribution in [3.63, 3.8) is 0 Å². The molecule has 1 aliphatic rings. The Morgan fingerprint density at radius 2 is 1.96 bits per heavy atom. The van der Waals surface area contributed by atoms with E-state index in [1.807, 2.05) is 49.4 Å². The average Bonchev–Trinajstić information content (AvgIpc) is 2.79. The van der Waals surface area contributed by atoms with Crippen LogP contribution in [0, 0.1) is 6.92 Å². The fraction of sp³-hybridized carbons (Fsp3) is 0.136. The molecule has 1 aromatic heterocycles. The highest BCUT2D eigenvalue weighted by atomic mass is 32.2. The van der Waals surface area contributed by atoms with Gasteiger partial charge in [-0.15, -0.1) is 0 Å². The molecule has 6 heteroatoms. The van der Waals surface area contributed by atoms with Gasteiger partial charge in [0.2, 0.25) is 5.91 Å². The van der Waals surface area contributed by atoms with Crippen LogP contribution in [0.2, 0.25) is 0 Å². The molecule has 1 N–H and O–H groups in total. The number of hydrogen-bond acceptors (Lipinski definition) is 4. The van der Waals surface area contributed by atoms with E-state index in [0.29, 0.717) is 22.7 Å². The van der Waals surface area contributed by atoms with Crippen LogP contribution in [0.3, 0.4) is 0 Å². The average molecular weight is 389 g/mol. The van der Waals surface area contributed by atoms with E-state index in [4.69, 9.17) is 0 Å². The molecule has 2 heterocycles.